The molecule has 6 heteroatoms. The van der Waals surface area contributed by atoms with Gasteiger partial charge in [-0.25, -0.2) is 9.18 Å². The fourth-order valence-electron chi connectivity index (χ4n) is 1.28. The summed E-state index contributed by atoms with van der Waals surface area (Å²) in [5.74, 6) is -2.04. The highest BCUT2D eigenvalue weighted by Crippen LogP contribution is 2.15. The van der Waals surface area contributed by atoms with Gasteiger partial charge in [0.15, 0.2) is 6.04 Å². The quantitative estimate of drug-likeness (QED) is 0.866. The zero-order valence-corrected chi connectivity index (χ0v) is 9.79. The van der Waals surface area contributed by atoms with E-state index in [9.17, 15) is 14.0 Å². The van der Waals surface area contributed by atoms with E-state index in [4.69, 9.17) is 16.7 Å². The van der Waals surface area contributed by atoms with Gasteiger partial charge in [-0.1, -0.05) is 11.6 Å². The molecular formula is C11H11ClFNO3. The Kier molecular flexibility index (Phi) is 4.45. The topological polar surface area (TPSA) is 66.4 Å². The van der Waals surface area contributed by atoms with Crippen LogP contribution in [0.2, 0.25) is 5.02 Å². The van der Waals surface area contributed by atoms with Crippen molar-refractivity contribution in [3.05, 3.63) is 34.3 Å². The van der Waals surface area contributed by atoms with Gasteiger partial charge in [0.05, 0.1) is 0 Å². The van der Waals surface area contributed by atoms with Crippen LogP contribution < -0.4 is 5.32 Å². The van der Waals surface area contributed by atoms with Gasteiger partial charge in [0.25, 0.3) is 5.91 Å². The number of benzene rings is 1. The molecule has 2 N–H and O–H groups in total. The van der Waals surface area contributed by atoms with Crippen molar-refractivity contribution in [3.8, 4) is 0 Å². The van der Waals surface area contributed by atoms with E-state index < -0.39 is 24.6 Å². The number of rotatable bonds is 4. The average Bonchev–Trinajstić information content (AvgIpc) is 2.24. The van der Waals surface area contributed by atoms with Crippen LogP contribution in [0.5, 0.6) is 0 Å². The van der Waals surface area contributed by atoms with Gasteiger partial charge in [-0.15, -0.1) is 0 Å². The standard InChI is InChI=1S/C11H11ClFNO3/c1-6-4-7(12)2-3-8(6)10(15)14-9(5-13)11(16)17/h2-4,9H,5H2,1H3,(H,14,15)(H,16,17). The molecule has 0 fully saturated rings. The third-order valence-electron chi connectivity index (χ3n) is 2.19. The number of hydrogen-bond donors (Lipinski definition) is 2. The van der Waals surface area contributed by atoms with E-state index in [2.05, 4.69) is 5.32 Å². The smallest absolute Gasteiger partial charge is 0.328 e. The minimum atomic E-state index is -1.53. The van der Waals surface area contributed by atoms with Crippen molar-refractivity contribution in [1.82, 2.24) is 5.32 Å². The molecule has 0 aliphatic carbocycles. The summed E-state index contributed by atoms with van der Waals surface area (Å²) in [6.45, 7) is 0.500. The summed E-state index contributed by atoms with van der Waals surface area (Å²) in [6.07, 6.45) is 0. The maximum atomic E-state index is 12.3. The number of halogens is 2. The van der Waals surface area contributed by atoms with Gasteiger partial charge in [-0.2, -0.15) is 0 Å². The van der Waals surface area contributed by atoms with E-state index in [1.807, 2.05) is 0 Å². The van der Waals surface area contributed by atoms with Gasteiger partial charge in [0.2, 0.25) is 0 Å². The molecule has 0 heterocycles. The second-order valence-electron chi connectivity index (χ2n) is 3.48. The first-order valence-corrected chi connectivity index (χ1v) is 5.19. The zero-order valence-electron chi connectivity index (χ0n) is 9.04. The van der Waals surface area contributed by atoms with Crippen LogP contribution in [-0.4, -0.2) is 29.7 Å². The van der Waals surface area contributed by atoms with Crippen molar-refractivity contribution in [2.45, 2.75) is 13.0 Å². The first-order valence-electron chi connectivity index (χ1n) is 4.81. The highest BCUT2D eigenvalue weighted by atomic mass is 35.5. The fourth-order valence-corrected chi connectivity index (χ4v) is 1.51. The Morgan fingerprint density at radius 3 is 2.65 bits per heavy atom. The third kappa shape index (κ3) is 3.42. The number of carboxylic acids is 1. The van der Waals surface area contributed by atoms with Crippen molar-refractivity contribution in [1.29, 1.82) is 0 Å². The Hall–Kier alpha value is -1.62. The van der Waals surface area contributed by atoms with E-state index in [0.29, 0.717) is 10.6 Å². The maximum Gasteiger partial charge on any atom is 0.328 e. The molecule has 0 spiro atoms. The highest BCUT2D eigenvalue weighted by molar-refractivity contribution is 6.30. The molecule has 1 atom stereocenters. The number of alkyl halides is 1. The zero-order chi connectivity index (χ0) is 13.0. The largest absolute Gasteiger partial charge is 0.480 e. The van der Waals surface area contributed by atoms with Crippen LogP contribution >= 0.6 is 11.6 Å². The number of hydrogen-bond acceptors (Lipinski definition) is 2. The van der Waals surface area contributed by atoms with Crippen molar-refractivity contribution in [2.24, 2.45) is 0 Å². The Bertz CT molecular complexity index is 450. The van der Waals surface area contributed by atoms with Crippen LogP contribution in [0.4, 0.5) is 4.39 Å². The third-order valence-corrected chi connectivity index (χ3v) is 2.43. The molecule has 0 radical (unpaired) electrons. The summed E-state index contributed by atoms with van der Waals surface area (Å²) in [5, 5.41) is 11.2. The molecule has 0 aliphatic heterocycles. The lowest BCUT2D eigenvalue weighted by Crippen LogP contribution is -2.42. The van der Waals surface area contributed by atoms with Crippen LogP contribution in [0.15, 0.2) is 18.2 Å². The SMILES string of the molecule is Cc1cc(Cl)ccc1C(=O)NC(CF)C(=O)O. The minimum Gasteiger partial charge on any atom is -0.480 e. The number of carboxylic acid groups (broad SMARTS) is 1. The van der Waals surface area contributed by atoms with Gasteiger partial charge in [-0.05, 0) is 30.7 Å². The monoisotopic (exact) mass is 259 g/mol. The highest BCUT2D eigenvalue weighted by Gasteiger charge is 2.21. The molecule has 1 aromatic carbocycles. The summed E-state index contributed by atoms with van der Waals surface area (Å²) >= 11 is 5.72. The van der Waals surface area contributed by atoms with Gasteiger partial charge in [-0.3, -0.25) is 4.79 Å². The van der Waals surface area contributed by atoms with Gasteiger partial charge >= 0.3 is 5.97 Å². The average molecular weight is 260 g/mol. The second kappa shape index (κ2) is 5.63. The number of aliphatic carboxylic acids is 1. The Morgan fingerprint density at radius 1 is 1.53 bits per heavy atom. The summed E-state index contributed by atoms with van der Waals surface area (Å²) < 4.78 is 12.3. The van der Waals surface area contributed by atoms with Crippen LogP contribution in [0, 0.1) is 6.92 Å². The molecule has 1 unspecified atom stereocenters. The molecule has 1 aromatic rings. The lowest BCUT2D eigenvalue weighted by molar-refractivity contribution is -0.139. The molecule has 0 saturated carbocycles. The van der Waals surface area contributed by atoms with Crippen molar-refractivity contribution < 1.29 is 19.1 Å². The van der Waals surface area contributed by atoms with Gasteiger partial charge in [0.1, 0.15) is 6.67 Å². The molecule has 17 heavy (non-hydrogen) atoms. The number of nitrogens with one attached hydrogen (secondary N) is 1. The van der Waals surface area contributed by atoms with Gasteiger partial charge < -0.3 is 10.4 Å². The molecule has 0 saturated heterocycles. The summed E-state index contributed by atoms with van der Waals surface area (Å²) in [6, 6.07) is 3.01. The van der Waals surface area contributed by atoms with E-state index >= 15 is 0 Å². The summed E-state index contributed by atoms with van der Waals surface area (Å²) in [5.41, 5.74) is 0.868. The van der Waals surface area contributed by atoms with Crippen LogP contribution in [0.3, 0.4) is 0 Å². The van der Waals surface area contributed by atoms with E-state index in [-0.39, 0.29) is 5.56 Å². The summed E-state index contributed by atoms with van der Waals surface area (Å²) in [4.78, 5) is 22.2. The van der Waals surface area contributed by atoms with Crippen LogP contribution in [0.1, 0.15) is 15.9 Å². The lowest BCUT2D eigenvalue weighted by atomic mass is 10.1. The summed E-state index contributed by atoms with van der Waals surface area (Å²) in [7, 11) is 0. The second-order valence-corrected chi connectivity index (χ2v) is 3.91. The Balaban J connectivity index is 2.86. The molecule has 1 rings (SSSR count). The van der Waals surface area contributed by atoms with E-state index in [0.717, 1.165) is 0 Å². The Morgan fingerprint density at radius 2 is 2.18 bits per heavy atom. The number of carbonyl (C=O) groups excluding carboxylic acids is 1. The first-order chi connectivity index (χ1) is 7.95. The van der Waals surface area contributed by atoms with Crippen molar-refractivity contribution in [3.63, 3.8) is 0 Å². The molecule has 1 amide bonds. The van der Waals surface area contributed by atoms with Crippen LogP contribution in [-0.2, 0) is 4.79 Å². The first kappa shape index (κ1) is 13.4. The normalized spacial score (nSPS) is 11.9. The lowest BCUT2D eigenvalue weighted by Gasteiger charge is -2.12. The number of carbonyl (C=O) groups is 2. The van der Waals surface area contributed by atoms with Crippen LogP contribution in [0.25, 0.3) is 0 Å². The molecule has 0 aliphatic rings. The number of amides is 1. The van der Waals surface area contributed by atoms with E-state index in [1.165, 1.54) is 12.1 Å². The fraction of sp³-hybridized carbons (Fsp3) is 0.273. The predicted octanol–water partition coefficient (Wildman–Crippen LogP) is 1.80. The molecule has 0 aromatic heterocycles. The van der Waals surface area contributed by atoms with Gasteiger partial charge in [0, 0.05) is 10.6 Å². The number of aryl methyl sites for hydroxylation is 1. The van der Waals surface area contributed by atoms with E-state index in [1.54, 1.807) is 13.0 Å². The molecule has 92 valence electrons. The maximum absolute atomic E-state index is 12.3. The molecular weight excluding hydrogens is 249 g/mol. The minimum absolute atomic E-state index is 0.272. The molecule has 4 nitrogen and oxygen atoms in total. The Labute approximate surface area is 102 Å². The van der Waals surface area contributed by atoms with Crippen molar-refractivity contribution in [2.75, 3.05) is 6.67 Å². The predicted molar refractivity (Wildman–Crippen MR) is 61.1 cm³/mol. The molecule has 0 bridgehead atoms. The van der Waals surface area contributed by atoms with Crippen molar-refractivity contribution >= 4 is 23.5 Å².